The van der Waals surface area contributed by atoms with E-state index >= 15 is 0 Å². The van der Waals surface area contributed by atoms with Gasteiger partial charge in [-0.3, -0.25) is 4.79 Å². The third-order valence-corrected chi connectivity index (χ3v) is 5.89. The first-order valence-electron chi connectivity index (χ1n) is 9.26. The van der Waals surface area contributed by atoms with Crippen molar-refractivity contribution >= 4 is 16.7 Å². The number of piperidine rings is 1. The van der Waals surface area contributed by atoms with E-state index in [-0.39, 0.29) is 11.5 Å². The van der Waals surface area contributed by atoms with Gasteiger partial charge < -0.3 is 9.64 Å². The lowest BCUT2D eigenvalue weighted by atomic mass is 9.83. The van der Waals surface area contributed by atoms with Crippen LogP contribution in [0.15, 0.2) is 66.7 Å². The summed E-state index contributed by atoms with van der Waals surface area (Å²) in [5, 5.41) is 2.14. The van der Waals surface area contributed by atoms with Gasteiger partial charge in [0.25, 0.3) is 5.91 Å². The van der Waals surface area contributed by atoms with E-state index in [9.17, 15) is 4.79 Å². The number of hydrogen-bond acceptors (Lipinski definition) is 2. The number of carbonyl (C=O) groups excluding carboxylic acids is 1. The molecule has 0 aliphatic carbocycles. The molecule has 1 amide bonds. The number of benzene rings is 3. The fraction of sp³-hybridized carbons (Fsp3) is 0.261. The number of nitrogens with zero attached hydrogens (tertiary/aromatic N) is 1. The van der Waals surface area contributed by atoms with E-state index in [2.05, 4.69) is 36.4 Å². The molecule has 1 saturated heterocycles. The van der Waals surface area contributed by atoms with E-state index < -0.39 is 0 Å². The standard InChI is InChI=1S/C23H21NO2/c25-22(20-10-5-8-17-6-1-3-9-19(17)20)24-14-12-23(13-15-24)21-11-4-2-7-18(21)16-26-23/h1-11H,12-16H2. The van der Waals surface area contributed by atoms with Crippen molar-refractivity contribution in [1.82, 2.24) is 4.90 Å². The van der Waals surface area contributed by atoms with Gasteiger partial charge in [0, 0.05) is 18.7 Å². The monoisotopic (exact) mass is 343 g/mol. The van der Waals surface area contributed by atoms with Crippen molar-refractivity contribution in [1.29, 1.82) is 0 Å². The van der Waals surface area contributed by atoms with Gasteiger partial charge in [-0.05, 0) is 40.8 Å². The fourth-order valence-electron chi connectivity index (χ4n) is 4.45. The Kier molecular flexibility index (Phi) is 3.57. The van der Waals surface area contributed by atoms with Crippen LogP contribution in [0.3, 0.4) is 0 Å². The number of carbonyl (C=O) groups is 1. The highest BCUT2D eigenvalue weighted by Crippen LogP contribution is 2.44. The van der Waals surface area contributed by atoms with Crippen LogP contribution >= 0.6 is 0 Å². The number of rotatable bonds is 1. The van der Waals surface area contributed by atoms with E-state index in [1.807, 2.05) is 35.2 Å². The molecule has 0 aromatic heterocycles. The highest BCUT2D eigenvalue weighted by molar-refractivity contribution is 6.07. The minimum absolute atomic E-state index is 0.128. The second kappa shape index (κ2) is 5.96. The zero-order valence-corrected chi connectivity index (χ0v) is 14.7. The van der Waals surface area contributed by atoms with Gasteiger partial charge in [0.1, 0.15) is 0 Å². The first kappa shape index (κ1) is 15.6. The second-order valence-corrected chi connectivity index (χ2v) is 7.26. The SMILES string of the molecule is O=C(c1cccc2ccccc12)N1CCC2(CC1)OCc1ccccc12. The summed E-state index contributed by atoms with van der Waals surface area (Å²) in [6.07, 6.45) is 1.72. The molecule has 0 bridgehead atoms. The van der Waals surface area contributed by atoms with Gasteiger partial charge in [-0.25, -0.2) is 0 Å². The van der Waals surface area contributed by atoms with Crippen LogP contribution in [0.25, 0.3) is 10.8 Å². The fourth-order valence-corrected chi connectivity index (χ4v) is 4.45. The molecule has 3 heteroatoms. The second-order valence-electron chi connectivity index (χ2n) is 7.26. The largest absolute Gasteiger partial charge is 0.365 e. The summed E-state index contributed by atoms with van der Waals surface area (Å²) in [5.41, 5.74) is 3.21. The lowest BCUT2D eigenvalue weighted by Crippen LogP contribution is -2.45. The molecule has 1 fully saturated rings. The van der Waals surface area contributed by atoms with Gasteiger partial charge in [-0.2, -0.15) is 0 Å². The molecule has 0 radical (unpaired) electrons. The third kappa shape index (κ3) is 2.35. The zero-order chi connectivity index (χ0) is 17.6. The van der Waals surface area contributed by atoms with E-state index in [0.717, 1.165) is 42.3 Å². The van der Waals surface area contributed by atoms with Crippen LogP contribution in [0.5, 0.6) is 0 Å². The average Bonchev–Trinajstić information content (AvgIpc) is 3.06. The number of ether oxygens (including phenoxy) is 1. The molecular formula is C23H21NO2. The van der Waals surface area contributed by atoms with Crippen LogP contribution in [0.1, 0.15) is 34.3 Å². The van der Waals surface area contributed by atoms with Crippen LogP contribution < -0.4 is 0 Å². The molecular weight excluding hydrogens is 322 g/mol. The van der Waals surface area contributed by atoms with Gasteiger partial charge in [0.05, 0.1) is 12.2 Å². The molecule has 0 atom stereocenters. The summed E-state index contributed by atoms with van der Waals surface area (Å²) in [5.74, 6) is 0.128. The quantitative estimate of drug-likeness (QED) is 0.651. The van der Waals surface area contributed by atoms with Crippen molar-refractivity contribution in [3.8, 4) is 0 Å². The Balaban J connectivity index is 1.40. The maximum Gasteiger partial charge on any atom is 0.254 e. The Morgan fingerprint density at radius 1 is 0.885 bits per heavy atom. The highest BCUT2D eigenvalue weighted by atomic mass is 16.5. The average molecular weight is 343 g/mol. The molecule has 2 heterocycles. The normalized spacial score (nSPS) is 18.2. The summed E-state index contributed by atoms with van der Waals surface area (Å²) in [6, 6.07) is 22.6. The minimum atomic E-state index is -0.202. The number of hydrogen-bond donors (Lipinski definition) is 0. The van der Waals surface area contributed by atoms with Crippen molar-refractivity contribution in [3.05, 3.63) is 83.4 Å². The van der Waals surface area contributed by atoms with E-state index in [4.69, 9.17) is 4.74 Å². The zero-order valence-electron chi connectivity index (χ0n) is 14.7. The van der Waals surface area contributed by atoms with E-state index in [0.29, 0.717) is 6.61 Å². The summed E-state index contributed by atoms with van der Waals surface area (Å²) < 4.78 is 6.22. The number of fused-ring (bicyclic) bond motifs is 3. The van der Waals surface area contributed by atoms with Crippen molar-refractivity contribution < 1.29 is 9.53 Å². The van der Waals surface area contributed by atoms with Crippen molar-refractivity contribution in [2.75, 3.05) is 13.1 Å². The van der Waals surface area contributed by atoms with Gasteiger partial charge in [0.2, 0.25) is 0 Å². The van der Waals surface area contributed by atoms with E-state index in [1.54, 1.807) is 0 Å². The molecule has 3 nitrogen and oxygen atoms in total. The predicted octanol–water partition coefficient (Wildman–Crippen LogP) is 4.50. The van der Waals surface area contributed by atoms with Crippen LogP contribution in [-0.4, -0.2) is 23.9 Å². The molecule has 3 aromatic rings. The lowest BCUT2D eigenvalue weighted by molar-refractivity contribution is -0.0741. The molecule has 2 aliphatic heterocycles. The summed E-state index contributed by atoms with van der Waals surface area (Å²) >= 11 is 0. The van der Waals surface area contributed by atoms with E-state index in [1.165, 1.54) is 11.1 Å². The Morgan fingerprint density at radius 3 is 2.50 bits per heavy atom. The topological polar surface area (TPSA) is 29.5 Å². The summed E-state index contributed by atoms with van der Waals surface area (Å²) in [4.78, 5) is 15.1. The smallest absolute Gasteiger partial charge is 0.254 e. The van der Waals surface area contributed by atoms with Crippen LogP contribution in [0, 0.1) is 0 Å². The van der Waals surface area contributed by atoms with Crippen LogP contribution in [0.4, 0.5) is 0 Å². The maximum atomic E-state index is 13.1. The molecule has 2 aliphatic rings. The molecule has 1 spiro atoms. The van der Waals surface area contributed by atoms with Gasteiger partial charge in [-0.15, -0.1) is 0 Å². The van der Waals surface area contributed by atoms with Gasteiger partial charge in [0.15, 0.2) is 0 Å². The molecule has 5 rings (SSSR count). The van der Waals surface area contributed by atoms with Crippen molar-refractivity contribution in [2.24, 2.45) is 0 Å². The lowest BCUT2D eigenvalue weighted by Gasteiger charge is -2.39. The molecule has 130 valence electrons. The van der Waals surface area contributed by atoms with Crippen LogP contribution in [-0.2, 0) is 16.9 Å². The third-order valence-electron chi connectivity index (χ3n) is 5.89. The first-order valence-corrected chi connectivity index (χ1v) is 9.26. The molecule has 0 N–H and O–H groups in total. The number of amides is 1. The molecule has 0 saturated carbocycles. The molecule has 26 heavy (non-hydrogen) atoms. The first-order chi connectivity index (χ1) is 12.8. The Morgan fingerprint density at radius 2 is 1.62 bits per heavy atom. The van der Waals surface area contributed by atoms with Crippen molar-refractivity contribution in [2.45, 2.75) is 25.0 Å². The molecule has 0 unspecified atom stereocenters. The predicted molar refractivity (Wildman–Crippen MR) is 102 cm³/mol. The van der Waals surface area contributed by atoms with Crippen LogP contribution in [0.2, 0.25) is 0 Å². The Labute approximate surface area is 153 Å². The minimum Gasteiger partial charge on any atom is -0.365 e. The number of likely N-dealkylation sites (tertiary alicyclic amines) is 1. The van der Waals surface area contributed by atoms with Gasteiger partial charge >= 0.3 is 0 Å². The molecule has 3 aromatic carbocycles. The summed E-state index contributed by atoms with van der Waals surface area (Å²) in [7, 11) is 0. The maximum absolute atomic E-state index is 13.1. The van der Waals surface area contributed by atoms with Crippen molar-refractivity contribution in [3.63, 3.8) is 0 Å². The Bertz CT molecular complexity index is 981. The summed E-state index contributed by atoms with van der Waals surface area (Å²) in [6.45, 7) is 2.15. The van der Waals surface area contributed by atoms with Gasteiger partial charge in [-0.1, -0.05) is 60.7 Å². The highest BCUT2D eigenvalue weighted by Gasteiger charge is 2.43. The Hall–Kier alpha value is -2.65.